The molecule has 1 saturated heterocycles. The lowest BCUT2D eigenvalue weighted by Crippen LogP contribution is -2.39. The molecular weight excluding hydrogens is 408 g/mol. The minimum absolute atomic E-state index is 0.00824. The van der Waals surface area contributed by atoms with Crippen molar-refractivity contribution in [2.45, 2.75) is 25.7 Å². The molecule has 2 aromatic heterocycles. The molecule has 0 bridgehead atoms. The van der Waals surface area contributed by atoms with Gasteiger partial charge in [-0.2, -0.15) is 5.10 Å². The van der Waals surface area contributed by atoms with Crippen molar-refractivity contribution >= 4 is 17.5 Å². The number of nitrogens with zero attached hydrogens (tertiary/aromatic N) is 5. The van der Waals surface area contributed by atoms with Gasteiger partial charge in [0.05, 0.1) is 18.4 Å². The Bertz CT molecular complexity index is 1120. The summed E-state index contributed by atoms with van der Waals surface area (Å²) < 4.78 is 6.73. The van der Waals surface area contributed by atoms with Crippen LogP contribution >= 0.6 is 0 Å². The van der Waals surface area contributed by atoms with E-state index in [-0.39, 0.29) is 17.7 Å². The van der Waals surface area contributed by atoms with E-state index in [9.17, 15) is 9.59 Å². The minimum atomic E-state index is -0.254. The molecule has 0 saturated carbocycles. The highest BCUT2D eigenvalue weighted by atomic mass is 16.5. The zero-order valence-corrected chi connectivity index (χ0v) is 18.4. The first kappa shape index (κ1) is 21.5. The van der Waals surface area contributed by atoms with Crippen molar-refractivity contribution in [3.8, 4) is 5.75 Å². The number of piperidine rings is 1. The summed E-state index contributed by atoms with van der Waals surface area (Å²) in [4.78, 5) is 36.3. The van der Waals surface area contributed by atoms with Crippen LogP contribution in [-0.2, 0) is 7.05 Å². The highest BCUT2D eigenvalue weighted by Crippen LogP contribution is 2.27. The van der Waals surface area contributed by atoms with Crippen molar-refractivity contribution in [1.29, 1.82) is 0 Å². The number of benzene rings is 1. The summed E-state index contributed by atoms with van der Waals surface area (Å²) in [6.07, 6.45) is 4.77. The highest BCUT2D eigenvalue weighted by Gasteiger charge is 2.27. The van der Waals surface area contributed by atoms with Gasteiger partial charge in [0.1, 0.15) is 17.3 Å². The first-order chi connectivity index (χ1) is 15.5. The zero-order chi connectivity index (χ0) is 22.7. The van der Waals surface area contributed by atoms with Crippen LogP contribution in [0.2, 0.25) is 0 Å². The monoisotopic (exact) mass is 434 g/mol. The summed E-state index contributed by atoms with van der Waals surface area (Å²) in [5.74, 6) is 1.33. The molecule has 3 heterocycles. The molecule has 32 heavy (non-hydrogen) atoms. The third-order valence-electron chi connectivity index (χ3n) is 5.78. The van der Waals surface area contributed by atoms with Crippen molar-refractivity contribution in [1.82, 2.24) is 24.6 Å². The molecule has 166 valence electrons. The molecule has 3 aromatic rings. The van der Waals surface area contributed by atoms with Crippen LogP contribution in [0.25, 0.3) is 0 Å². The second kappa shape index (κ2) is 9.17. The molecule has 0 atom stereocenters. The van der Waals surface area contributed by atoms with E-state index in [0.717, 1.165) is 24.4 Å². The number of hydrogen-bond acceptors (Lipinski definition) is 6. The largest absolute Gasteiger partial charge is 0.497 e. The number of nitrogens with one attached hydrogen (secondary N) is 1. The average molecular weight is 435 g/mol. The van der Waals surface area contributed by atoms with Crippen molar-refractivity contribution in [2.24, 2.45) is 7.05 Å². The normalized spacial score (nSPS) is 14.3. The number of amides is 2. The number of anilines is 1. The van der Waals surface area contributed by atoms with Gasteiger partial charge >= 0.3 is 0 Å². The van der Waals surface area contributed by atoms with E-state index in [4.69, 9.17) is 4.74 Å². The number of ether oxygens (including phenoxy) is 1. The Labute approximate surface area is 186 Å². The standard InChI is InChI=1S/C23H26N6O3/c1-15-19(22(30)27-17-4-6-18(32-3)7-5-17)14-24-21(26-15)16-9-12-29(13-10-16)23(31)20-8-11-25-28(20)2/h4-8,11,14,16H,9-10,12-13H2,1-3H3,(H,27,30). The molecule has 1 aliphatic rings. The van der Waals surface area contributed by atoms with E-state index < -0.39 is 0 Å². The Morgan fingerprint density at radius 3 is 2.44 bits per heavy atom. The number of rotatable bonds is 5. The molecule has 2 amide bonds. The molecule has 0 aliphatic carbocycles. The predicted molar refractivity (Wildman–Crippen MR) is 119 cm³/mol. The smallest absolute Gasteiger partial charge is 0.272 e. The van der Waals surface area contributed by atoms with Crippen LogP contribution in [0, 0.1) is 6.92 Å². The summed E-state index contributed by atoms with van der Waals surface area (Å²) >= 11 is 0. The molecule has 4 rings (SSSR count). The van der Waals surface area contributed by atoms with Crippen molar-refractivity contribution in [3.63, 3.8) is 0 Å². The van der Waals surface area contributed by atoms with Gasteiger partial charge in [-0.15, -0.1) is 0 Å². The van der Waals surface area contributed by atoms with E-state index in [1.807, 2.05) is 11.8 Å². The average Bonchev–Trinajstić information content (AvgIpc) is 3.25. The summed E-state index contributed by atoms with van der Waals surface area (Å²) in [6, 6.07) is 8.86. The third-order valence-corrected chi connectivity index (χ3v) is 5.78. The maximum atomic E-state index is 12.7. The SMILES string of the molecule is COc1ccc(NC(=O)c2cnc(C3CCN(C(=O)c4ccnn4C)CC3)nc2C)cc1. The van der Waals surface area contributed by atoms with E-state index in [1.165, 1.54) is 0 Å². The molecule has 1 N–H and O–H groups in total. The van der Waals surface area contributed by atoms with Gasteiger partial charge in [0.2, 0.25) is 0 Å². The summed E-state index contributed by atoms with van der Waals surface area (Å²) in [7, 11) is 3.36. The van der Waals surface area contributed by atoms with Crippen molar-refractivity contribution < 1.29 is 14.3 Å². The van der Waals surface area contributed by atoms with Gasteiger partial charge in [0.15, 0.2) is 0 Å². The number of carbonyl (C=O) groups is 2. The number of likely N-dealkylation sites (tertiary alicyclic amines) is 1. The molecule has 1 aliphatic heterocycles. The molecule has 9 nitrogen and oxygen atoms in total. The van der Waals surface area contributed by atoms with Gasteiger partial charge in [-0.25, -0.2) is 9.97 Å². The second-order valence-electron chi connectivity index (χ2n) is 7.82. The molecule has 1 aromatic carbocycles. The van der Waals surface area contributed by atoms with Crippen LogP contribution in [0.3, 0.4) is 0 Å². The van der Waals surface area contributed by atoms with E-state index >= 15 is 0 Å². The minimum Gasteiger partial charge on any atom is -0.497 e. The maximum Gasteiger partial charge on any atom is 0.272 e. The molecule has 1 fully saturated rings. The van der Waals surface area contributed by atoms with Crippen LogP contribution < -0.4 is 10.1 Å². The van der Waals surface area contributed by atoms with Crippen LogP contribution in [0.4, 0.5) is 5.69 Å². The lowest BCUT2D eigenvalue weighted by molar-refractivity contribution is 0.0699. The fraction of sp³-hybridized carbons (Fsp3) is 0.348. The van der Waals surface area contributed by atoms with Gasteiger partial charge in [0, 0.05) is 44.1 Å². The van der Waals surface area contributed by atoms with Gasteiger partial charge in [-0.05, 0) is 50.1 Å². The third kappa shape index (κ3) is 4.46. The molecular formula is C23H26N6O3. The quantitative estimate of drug-likeness (QED) is 0.663. The van der Waals surface area contributed by atoms with E-state index in [2.05, 4.69) is 20.4 Å². The van der Waals surface area contributed by atoms with Crippen LogP contribution in [0.15, 0.2) is 42.7 Å². The first-order valence-electron chi connectivity index (χ1n) is 10.5. The summed E-state index contributed by atoms with van der Waals surface area (Å²) in [5, 5.41) is 6.93. The van der Waals surface area contributed by atoms with Gasteiger partial charge in [0.25, 0.3) is 11.8 Å². The number of hydrogen-bond donors (Lipinski definition) is 1. The topological polar surface area (TPSA) is 102 Å². The number of aromatic nitrogens is 4. The number of carbonyl (C=O) groups excluding carboxylic acids is 2. The summed E-state index contributed by atoms with van der Waals surface area (Å²) in [6.45, 7) is 3.09. The first-order valence-corrected chi connectivity index (χ1v) is 10.5. The fourth-order valence-electron chi connectivity index (χ4n) is 3.86. The lowest BCUT2D eigenvalue weighted by Gasteiger charge is -2.31. The molecule has 9 heteroatoms. The van der Waals surface area contributed by atoms with Gasteiger partial charge in [-0.1, -0.05) is 0 Å². The fourth-order valence-corrected chi connectivity index (χ4v) is 3.86. The van der Waals surface area contributed by atoms with Crippen molar-refractivity contribution in [3.05, 3.63) is 65.5 Å². The van der Waals surface area contributed by atoms with Crippen LogP contribution in [0.5, 0.6) is 5.75 Å². The molecule has 0 spiro atoms. The van der Waals surface area contributed by atoms with E-state index in [0.29, 0.717) is 35.7 Å². The van der Waals surface area contributed by atoms with Gasteiger partial charge < -0.3 is 15.0 Å². The number of methoxy groups -OCH3 is 1. The molecule has 0 radical (unpaired) electrons. The maximum absolute atomic E-state index is 12.7. The Balaban J connectivity index is 1.38. The Morgan fingerprint density at radius 1 is 1.12 bits per heavy atom. The van der Waals surface area contributed by atoms with Crippen LogP contribution in [-0.4, -0.2) is 56.7 Å². The Kier molecular flexibility index (Phi) is 6.16. The Morgan fingerprint density at radius 2 is 1.84 bits per heavy atom. The second-order valence-corrected chi connectivity index (χ2v) is 7.82. The van der Waals surface area contributed by atoms with E-state index in [1.54, 1.807) is 61.6 Å². The summed E-state index contributed by atoms with van der Waals surface area (Å²) in [5.41, 5.74) is 2.33. The number of aryl methyl sites for hydroxylation is 2. The van der Waals surface area contributed by atoms with Crippen molar-refractivity contribution in [2.75, 3.05) is 25.5 Å². The predicted octanol–water partition coefficient (Wildman–Crippen LogP) is 2.80. The van der Waals surface area contributed by atoms with Gasteiger partial charge in [-0.3, -0.25) is 14.3 Å². The Hall–Kier alpha value is -3.75. The lowest BCUT2D eigenvalue weighted by atomic mass is 9.95. The molecule has 0 unspecified atom stereocenters. The van der Waals surface area contributed by atoms with Crippen LogP contribution in [0.1, 0.15) is 51.1 Å². The zero-order valence-electron chi connectivity index (χ0n) is 18.4. The highest BCUT2D eigenvalue weighted by molar-refractivity contribution is 6.04.